The summed E-state index contributed by atoms with van der Waals surface area (Å²) < 4.78 is 0. The fourth-order valence-corrected chi connectivity index (χ4v) is 0. The van der Waals surface area contributed by atoms with Crippen molar-refractivity contribution in [2.45, 2.75) is 0 Å². The number of hydrogen-bond donors (Lipinski definition) is 6. The Morgan fingerprint density at radius 2 is 0.875 bits per heavy atom. The van der Waals surface area contributed by atoms with Gasteiger partial charge in [0.2, 0.25) is 0 Å². The number of rotatable bonds is 0. The summed E-state index contributed by atoms with van der Waals surface area (Å²) in [5.41, 5.74) is 0. The van der Waals surface area contributed by atoms with Gasteiger partial charge in [0.05, 0.1) is 0 Å². The first-order valence-corrected chi connectivity index (χ1v) is 3.51. The van der Waals surface area contributed by atoms with E-state index in [2.05, 4.69) is 0 Å². The van der Waals surface area contributed by atoms with E-state index in [-0.39, 0.29) is 18.5 Å². The Morgan fingerprint density at radius 3 is 0.875 bits per heavy atom. The van der Waals surface area contributed by atoms with Crippen LogP contribution in [0.4, 0.5) is 0 Å². The summed E-state index contributed by atoms with van der Waals surface area (Å²) in [4.78, 5) is 23.3. The van der Waals surface area contributed by atoms with Gasteiger partial charge in [0, 0.05) is 0 Å². The van der Waals surface area contributed by atoms with Gasteiger partial charge in [-0.05, 0) is 0 Å². The Balaban J connectivity index is -0.0000000267. The Hall–Kier alpha value is 0.190. The average Bonchev–Trinajstić information content (AvgIpc) is 0.722. The molecule has 0 fully saturated rings. The smallest absolute Gasteiger partial charge is 0.344 e. The van der Waals surface area contributed by atoms with Crippen LogP contribution < -0.4 is 18.5 Å². The van der Waals surface area contributed by atoms with Crippen molar-refractivity contribution in [2.24, 2.45) is 0 Å². The molecule has 0 aliphatic rings. The first-order chi connectivity index (χ1) is 2.00. The van der Waals surface area contributed by atoms with E-state index < -0.39 is 7.94 Å². The van der Waals surface area contributed by atoms with Gasteiger partial charge >= 0.3 is 29.3 Å². The topological polar surface area (TPSA) is 166 Å². The Kier molecular flexibility index (Phi) is 21.7. The van der Waals surface area contributed by atoms with Crippen LogP contribution in [0.3, 0.4) is 0 Å². The molecule has 0 spiro atoms. The molecule has 58 valence electrons. The van der Waals surface area contributed by atoms with Crippen LogP contribution in [0.2, 0.25) is 0 Å². The van der Waals surface area contributed by atoms with Crippen LogP contribution in [0.25, 0.3) is 0 Å². The van der Waals surface area contributed by atoms with Crippen LogP contribution in [0.5, 0.6) is 0 Å². The van der Waals surface area contributed by atoms with Crippen LogP contribution in [0.15, 0.2) is 0 Å². The first-order valence-electron chi connectivity index (χ1n) is 1.17. The maximum atomic E-state index is 7.77. The normalized spacial score (nSPS) is 9.50. The van der Waals surface area contributed by atoms with Crippen LogP contribution in [-0.4, -0.2) is 21.3 Å². The molecule has 0 unspecified atom stereocenters. The van der Waals surface area contributed by atoms with Crippen molar-refractivity contribution in [3.05, 3.63) is 0 Å². The minimum atomic E-state index is -3.61. The average molecular weight is 149 g/mol. The van der Waals surface area contributed by atoms with Gasteiger partial charge in [-0.25, -0.2) is 0 Å². The van der Waals surface area contributed by atoms with E-state index in [1.54, 1.807) is 0 Å². The summed E-state index contributed by atoms with van der Waals surface area (Å²) in [7, 11) is -3.61. The molecule has 0 aliphatic heterocycles. The predicted octanol–water partition coefficient (Wildman–Crippen LogP) is -0.426. The largest absolute Gasteiger partial charge is 0.344 e. The fraction of sp³-hybridized carbons (Fsp3) is 1.00. The van der Waals surface area contributed by atoms with Crippen molar-refractivity contribution in [2.75, 3.05) is 6.66 Å². The SMILES string of the molecule is C[PH](O)(O)O.N.N.N. The van der Waals surface area contributed by atoms with Gasteiger partial charge in [-0.1, -0.05) is 0 Å². The monoisotopic (exact) mass is 149 g/mol. The quantitative estimate of drug-likeness (QED) is 0.255. The molecule has 0 bridgehead atoms. The number of hydrogen-bond acceptors (Lipinski definition) is 6. The molecule has 0 amide bonds. The van der Waals surface area contributed by atoms with Crippen molar-refractivity contribution in [1.82, 2.24) is 18.5 Å². The van der Waals surface area contributed by atoms with Gasteiger partial charge in [-0.2, -0.15) is 0 Å². The van der Waals surface area contributed by atoms with Gasteiger partial charge < -0.3 is 18.5 Å². The zero-order chi connectivity index (χ0) is 4.50. The van der Waals surface area contributed by atoms with Crippen molar-refractivity contribution >= 4 is 7.94 Å². The van der Waals surface area contributed by atoms with E-state index in [0.29, 0.717) is 0 Å². The molecule has 0 radical (unpaired) electrons. The zero-order valence-corrected chi connectivity index (χ0v) is 5.96. The minimum Gasteiger partial charge on any atom is -0.344 e. The van der Waals surface area contributed by atoms with E-state index >= 15 is 0 Å². The second-order valence-electron chi connectivity index (χ2n) is 0.971. The van der Waals surface area contributed by atoms with E-state index in [1.165, 1.54) is 0 Å². The maximum absolute atomic E-state index is 7.77. The molecular formula is CH16N3O3P. The van der Waals surface area contributed by atoms with E-state index in [4.69, 9.17) is 14.7 Å². The van der Waals surface area contributed by atoms with Crippen LogP contribution >= 0.6 is 7.94 Å². The van der Waals surface area contributed by atoms with Gasteiger partial charge in [0.1, 0.15) is 0 Å². The maximum Gasteiger partial charge on any atom is -0.344 e. The molecule has 12 N–H and O–H groups in total. The third kappa shape index (κ3) is 4620. The molecule has 0 aromatic heterocycles. The molecule has 0 aliphatic carbocycles. The summed E-state index contributed by atoms with van der Waals surface area (Å²) in [6.45, 7) is 0.993. The van der Waals surface area contributed by atoms with E-state index in [9.17, 15) is 0 Å². The molecule has 8 heavy (non-hydrogen) atoms. The van der Waals surface area contributed by atoms with Gasteiger partial charge in [-0.15, -0.1) is 0 Å². The molecule has 0 saturated heterocycles. The van der Waals surface area contributed by atoms with Crippen molar-refractivity contribution in [3.8, 4) is 0 Å². The first kappa shape index (κ1) is 24.1. The summed E-state index contributed by atoms with van der Waals surface area (Å²) in [5, 5.41) is 0. The molecule has 0 saturated carbocycles. The van der Waals surface area contributed by atoms with Gasteiger partial charge in [-0.3, -0.25) is 0 Å². The molecule has 6 nitrogen and oxygen atoms in total. The Labute approximate surface area is 48.9 Å². The van der Waals surface area contributed by atoms with Crippen molar-refractivity contribution in [3.63, 3.8) is 0 Å². The summed E-state index contributed by atoms with van der Waals surface area (Å²) in [5.74, 6) is 0. The summed E-state index contributed by atoms with van der Waals surface area (Å²) in [6, 6.07) is 0. The molecule has 0 rings (SSSR count). The van der Waals surface area contributed by atoms with Crippen LogP contribution in [0.1, 0.15) is 0 Å². The van der Waals surface area contributed by atoms with Crippen LogP contribution in [0, 0.1) is 0 Å². The molecule has 0 atom stereocenters. The molecule has 0 heterocycles. The standard InChI is InChI=1S/CH7O3P.3H3N/c1-5(2,3)4;;;/h2-5H,1H3;3*1H3. The molecular weight excluding hydrogens is 133 g/mol. The summed E-state index contributed by atoms with van der Waals surface area (Å²) >= 11 is 0. The Morgan fingerprint density at radius 1 is 0.875 bits per heavy atom. The summed E-state index contributed by atoms with van der Waals surface area (Å²) in [6.07, 6.45) is 0. The van der Waals surface area contributed by atoms with Gasteiger partial charge in [0.25, 0.3) is 0 Å². The molecule has 7 heteroatoms. The predicted molar refractivity (Wildman–Crippen MR) is 36.0 cm³/mol. The van der Waals surface area contributed by atoms with Crippen molar-refractivity contribution in [1.29, 1.82) is 0 Å². The van der Waals surface area contributed by atoms with Crippen molar-refractivity contribution < 1.29 is 14.7 Å². The molecule has 0 aromatic rings. The fourth-order valence-electron chi connectivity index (χ4n) is 0. The van der Waals surface area contributed by atoms with E-state index in [0.717, 1.165) is 6.66 Å². The van der Waals surface area contributed by atoms with E-state index in [1.807, 2.05) is 0 Å². The van der Waals surface area contributed by atoms with Gasteiger partial charge in [0.15, 0.2) is 0 Å². The Bertz CT molecular complexity index is 30.0. The molecule has 0 aromatic carbocycles. The second-order valence-corrected chi connectivity index (χ2v) is 2.91. The van der Waals surface area contributed by atoms with Crippen LogP contribution in [-0.2, 0) is 0 Å². The minimum absolute atomic E-state index is 0. The third-order valence-electron chi connectivity index (χ3n) is 0. The second kappa shape index (κ2) is 7.19. The zero-order valence-electron chi connectivity index (χ0n) is 4.96. The third-order valence-corrected chi connectivity index (χ3v) is 0.